The third kappa shape index (κ3) is 3.47. The zero-order valence-electron chi connectivity index (χ0n) is 13.3. The van der Waals surface area contributed by atoms with E-state index in [0.717, 1.165) is 28.9 Å². The van der Waals surface area contributed by atoms with E-state index in [0.29, 0.717) is 0 Å². The molecule has 0 saturated heterocycles. The molecule has 3 rings (SSSR count). The largest absolute Gasteiger partial charge is 0.316 e. The predicted octanol–water partition coefficient (Wildman–Crippen LogP) is 4.57. The minimum atomic E-state index is -1.84. The second-order valence-electron chi connectivity index (χ2n) is 5.55. The molecule has 1 N–H and O–H groups in total. The zero-order chi connectivity index (χ0) is 17.1. The number of aryl methyl sites for hydroxylation is 1. The molecule has 0 spiro atoms. The van der Waals surface area contributed by atoms with Crippen LogP contribution in [0.15, 0.2) is 60.8 Å². The van der Waals surface area contributed by atoms with Crippen LogP contribution >= 0.6 is 0 Å². The Morgan fingerprint density at radius 2 is 1.71 bits per heavy atom. The summed E-state index contributed by atoms with van der Waals surface area (Å²) in [6, 6.07) is 16.1. The molecule has 2 aromatic carbocycles. The fourth-order valence-electron chi connectivity index (χ4n) is 2.80. The van der Waals surface area contributed by atoms with Gasteiger partial charge < -0.3 is 9.12 Å². The molecule has 1 aromatic heterocycles. The molecule has 0 aliphatic rings. The van der Waals surface area contributed by atoms with Gasteiger partial charge in [0, 0.05) is 11.9 Å². The highest BCUT2D eigenvalue weighted by Gasteiger charge is 2.12. The van der Waals surface area contributed by atoms with Crippen LogP contribution in [0, 0.1) is 5.82 Å². The minimum Gasteiger partial charge on any atom is -0.316 e. The highest BCUT2D eigenvalue weighted by molar-refractivity contribution is 7.78. The van der Waals surface area contributed by atoms with Crippen LogP contribution in [0.25, 0.3) is 16.9 Å². The number of hydrogen-bond acceptors (Lipinski definition) is 1. The zero-order valence-corrected chi connectivity index (χ0v) is 14.1. The van der Waals surface area contributed by atoms with Crippen LogP contribution in [0.2, 0.25) is 0 Å². The van der Waals surface area contributed by atoms with E-state index >= 15 is 0 Å². The summed E-state index contributed by atoms with van der Waals surface area (Å²) >= 11 is -1.84. The molecular weight excluding hydrogens is 325 g/mol. The van der Waals surface area contributed by atoms with Crippen molar-refractivity contribution < 1.29 is 13.2 Å². The third-order valence-electron chi connectivity index (χ3n) is 3.97. The van der Waals surface area contributed by atoms with E-state index in [1.165, 1.54) is 17.7 Å². The van der Waals surface area contributed by atoms with Crippen LogP contribution in [0.1, 0.15) is 18.1 Å². The van der Waals surface area contributed by atoms with Crippen molar-refractivity contribution in [3.63, 3.8) is 0 Å². The van der Waals surface area contributed by atoms with Crippen LogP contribution in [0.3, 0.4) is 0 Å². The summed E-state index contributed by atoms with van der Waals surface area (Å²) in [4.78, 5) is 0. The summed E-state index contributed by atoms with van der Waals surface area (Å²) in [6.45, 7) is 2.09. The monoisotopic (exact) mass is 343 g/mol. The molecule has 0 saturated carbocycles. The molecule has 24 heavy (non-hydrogen) atoms. The maximum atomic E-state index is 13.2. The molecule has 124 valence electrons. The Bertz CT molecular complexity index is 854. The lowest BCUT2D eigenvalue weighted by Crippen LogP contribution is -1.98. The van der Waals surface area contributed by atoms with Crippen LogP contribution in [0.4, 0.5) is 4.39 Å². The lowest BCUT2D eigenvalue weighted by molar-refractivity contribution is 0.563. The fraction of sp³-hybridized carbons (Fsp3) is 0.158. The normalized spacial score (nSPS) is 12.3. The molecule has 0 radical (unpaired) electrons. The van der Waals surface area contributed by atoms with E-state index in [1.54, 1.807) is 12.1 Å². The van der Waals surface area contributed by atoms with E-state index in [-0.39, 0.29) is 11.6 Å². The minimum absolute atomic E-state index is 0.122. The predicted molar refractivity (Wildman–Crippen MR) is 95.0 cm³/mol. The van der Waals surface area contributed by atoms with E-state index in [2.05, 4.69) is 17.6 Å². The van der Waals surface area contributed by atoms with Crippen molar-refractivity contribution in [2.24, 2.45) is 0 Å². The Morgan fingerprint density at radius 1 is 1.04 bits per heavy atom. The van der Waals surface area contributed by atoms with Crippen molar-refractivity contribution in [3.8, 4) is 16.9 Å². The van der Waals surface area contributed by atoms with E-state index in [4.69, 9.17) is 4.55 Å². The highest BCUT2D eigenvalue weighted by atomic mass is 32.2. The third-order valence-corrected chi connectivity index (χ3v) is 4.55. The molecular formula is C19H18FNO2S. The number of rotatable bonds is 5. The average Bonchev–Trinajstić information content (AvgIpc) is 3.00. The van der Waals surface area contributed by atoms with E-state index < -0.39 is 11.1 Å². The quantitative estimate of drug-likeness (QED) is 0.690. The number of nitrogens with zero attached hydrogens (tertiary/aromatic N) is 1. The number of benzene rings is 2. The first-order chi connectivity index (χ1) is 11.6. The molecule has 0 fully saturated rings. The second kappa shape index (κ2) is 7.11. The van der Waals surface area contributed by atoms with E-state index in [1.807, 2.05) is 30.5 Å². The van der Waals surface area contributed by atoms with Gasteiger partial charge >= 0.3 is 0 Å². The SMILES string of the molecule is CCc1ccn(-c2ccc(CS(=O)O)cc2)c1-c1ccc(F)cc1. The Hall–Kier alpha value is -2.24. The van der Waals surface area contributed by atoms with Gasteiger partial charge in [0.2, 0.25) is 0 Å². The van der Waals surface area contributed by atoms with Gasteiger partial charge in [-0.2, -0.15) is 0 Å². The van der Waals surface area contributed by atoms with Gasteiger partial charge in [-0.25, -0.2) is 8.60 Å². The summed E-state index contributed by atoms with van der Waals surface area (Å²) in [5.41, 5.74) is 4.95. The van der Waals surface area contributed by atoms with Crippen molar-refractivity contribution in [1.82, 2.24) is 4.57 Å². The van der Waals surface area contributed by atoms with Gasteiger partial charge in [0.25, 0.3) is 0 Å². The summed E-state index contributed by atoms with van der Waals surface area (Å²) in [5, 5.41) is 0. The second-order valence-corrected chi connectivity index (χ2v) is 6.48. The van der Waals surface area contributed by atoms with Crippen molar-refractivity contribution >= 4 is 11.1 Å². The maximum Gasteiger partial charge on any atom is 0.157 e. The Labute approximate surface area is 143 Å². The fourth-order valence-corrected chi connectivity index (χ4v) is 3.28. The van der Waals surface area contributed by atoms with Gasteiger partial charge in [-0.05, 0) is 65.6 Å². The standard InChI is InChI=1S/C19H18FNO2S/c1-2-15-11-12-21(19(15)16-5-7-17(20)8-6-16)18-9-3-14(4-10-18)13-24(22)23/h3-12H,2,13H2,1H3,(H,22,23). The molecule has 1 atom stereocenters. The summed E-state index contributed by atoms with van der Waals surface area (Å²) in [6.07, 6.45) is 2.87. The Balaban J connectivity index is 2.03. The smallest absolute Gasteiger partial charge is 0.157 e. The topological polar surface area (TPSA) is 42.2 Å². The van der Waals surface area contributed by atoms with Gasteiger partial charge in [-0.1, -0.05) is 19.1 Å². The van der Waals surface area contributed by atoms with Crippen molar-refractivity contribution in [2.75, 3.05) is 0 Å². The molecule has 0 aliphatic heterocycles. The molecule has 0 aliphatic carbocycles. The van der Waals surface area contributed by atoms with Crippen LogP contribution in [-0.4, -0.2) is 13.3 Å². The Kier molecular flexibility index (Phi) is 4.92. The molecule has 0 bridgehead atoms. The lowest BCUT2D eigenvalue weighted by atomic mass is 10.1. The van der Waals surface area contributed by atoms with Gasteiger partial charge in [0.1, 0.15) is 5.82 Å². The average molecular weight is 343 g/mol. The number of hydrogen-bond donors (Lipinski definition) is 1. The van der Waals surface area contributed by atoms with Gasteiger partial charge in [0.05, 0.1) is 11.4 Å². The Morgan fingerprint density at radius 3 is 2.29 bits per heavy atom. The van der Waals surface area contributed by atoms with Crippen LogP contribution in [0.5, 0.6) is 0 Å². The summed E-state index contributed by atoms with van der Waals surface area (Å²) in [7, 11) is 0. The first-order valence-electron chi connectivity index (χ1n) is 7.71. The molecule has 3 aromatic rings. The molecule has 5 heteroatoms. The number of halogens is 1. The van der Waals surface area contributed by atoms with Gasteiger partial charge in [0.15, 0.2) is 11.1 Å². The molecule has 1 heterocycles. The van der Waals surface area contributed by atoms with E-state index in [9.17, 15) is 8.60 Å². The highest BCUT2D eigenvalue weighted by Crippen LogP contribution is 2.29. The molecule has 1 unspecified atom stereocenters. The first-order valence-corrected chi connectivity index (χ1v) is 8.99. The van der Waals surface area contributed by atoms with Crippen LogP contribution < -0.4 is 0 Å². The lowest BCUT2D eigenvalue weighted by Gasteiger charge is -2.12. The van der Waals surface area contributed by atoms with Crippen molar-refractivity contribution in [1.29, 1.82) is 0 Å². The maximum absolute atomic E-state index is 13.2. The number of aromatic nitrogens is 1. The van der Waals surface area contributed by atoms with Crippen molar-refractivity contribution in [2.45, 2.75) is 19.1 Å². The summed E-state index contributed by atoms with van der Waals surface area (Å²) < 4.78 is 35.2. The van der Waals surface area contributed by atoms with Gasteiger partial charge in [-0.15, -0.1) is 0 Å². The van der Waals surface area contributed by atoms with Crippen LogP contribution in [-0.2, 0) is 23.3 Å². The molecule has 0 amide bonds. The van der Waals surface area contributed by atoms with Crippen molar-refractivity contribution in [3.05, 3.63) is 77.7 Å². The molecule has 3 nitrogen and oxygen atoms in total. The van der Waals surface area contributed by atoms with Gasteiger partial charge in [-0.3, -0.25) is 0 Å². The first kappa shape index (κ1) is 16.6. The summed E-state index contributed by atoms with van der Waals surface area (Å²) in [5.74, 6) is -0.131.